The van der Waals surface area contributed by atoms with Crippen molar-refractivity contribution in [2.75, 3.05) is 26.1 Å². The van der Waals surface area contributed by atoms with Gasteiger partial charge in [0.1, 0.15) is 0 Å². The van der Waals surface area contributed by atoms with Crippen molar-refractivity contribution in [1.29, 1.82) is 0 Å². The van der Waals surface area contributed by atoms with E-state index in [1.807, 2.05) is 0 Å². The summed E-state index contributed by atoms with van der Waals surface area (Å²) in [5, 5.41) is 8.86. The van der Waals surface area contributed by atoms with Gasteiger partial charge in [0.15, 0.2) is 0 Å². The first-order valence-corrected chi connectivity index (χ1v) is 6.95. The molecular formula is C11H18N2O4S. The van der Waals surface area contributed by atoms with Crippen molar-refractivity contribution >= 4 is 15.7 Å². The van der Waals surface area contributed by atoms with Gasteiger partial charge in [-0.25, -0.2) is 13.1 Å². The fourth-order valence-corrected chi connectivity index (χ4v) is 2.81. The van der Waals surface area contributed by atoms with Crippen LogP contribution in [0.4, 0.5) is 5.69 Å². The lowest BCUT2D eigenvalue weighted by Crippen LogP contribution is -2.38. The van der Waals surface area contributed by atoms with Gasteiger partial charge in [-0.05, 0) is 24.6 Å². The van der Waals surface area contributed by atoms with Crippen LogP contribution in [0, 0.1) is 0 Å². The zero-order chi connectivity index (χ0) is 13.6. The molecule has 18 heavy (non-hydrogen) atoms. The van der Waals surface area contributed by atoms with Gasteiger partial charge in [-0.1, -0.05) is 6.07 Å². The summed E-state index contributed by atoms with van der Waals surface area (Å²) in [7, 11) is -2.18. The largest absolute Gasteiger partial charge is 0.399 e. The first-order valence-electron chi connectivity index (χ1n) is 5.47. The highest BCUT2D eigenvalue weighted by molar-refractivity contribution is 7.89. The van der Waals surface area contributed by atoms with E-state index in [1.54, 1.807) is 12.1 Å². The fourth-order valence-electron chi connectivity index (χ4n) is 1.50. The third kappa shape index (κ3) is 4.26. The van der Waals surface area contributed by atoms with Crippen molar-refractivity contribution in [1.82, 2.24) is 4.72 Å². The van der Waals surface area contributed by atoms with Gasteiger partial charge in [0.25, 0.3) is 0 Å². The second-order valence-electron chi connectivity index (χ2n) is 3.86. The molecule has 0 aliphatic rings. The fraction of sp³-hybridized carbons (Fsp3) is 0.455. The van der Waals surface area contributed by atoms with E-state index in [4.69, 9.17) is 15.6 Å². The minimum absolute atomic E-state index is 0.0987. The molecule has 1 atom stereocenters. The van der Waals surface area contributed by atoms with Crippen LogP contribution >= 0.6 is 0 Å². The van der Waals surface area contributed by atoms with Crippen LogP contribution in [0.3, 0.4) is 0 Å². The van der Waals surface area contributed by atoms with Crippen LogP contribution in [0.15, 0.2) is 29.2 Å². The number of hydrogen-bond acceptors (Lipinski definition) is 5. The molecule has 0 saturated heterocycles. The van der Waals surface area contributed by atoms with Crippen molar-refractivity contribution in [2.45, 2.75) is 17.4 Å². The molecule has 6 nitrogen and oxygen atoms in total. The SMILES string of the molecule is COCC(CCO)NS(=O)(=O)c1cccc(N)c1. The highest BCUT2D eigenvalue weighted by atomic mass is 32.2. The highest BCUT2D eigenvalue weighted by Crippen LogP contribution is 2.13. The molecule has 0 bridgehead atoms. The molecule has 4 N–H and O–H groups in total. The summed E-state index contributed by atoms with van der Waals surface area (Å²) >= 11 is 0. The number of methoxy groups -OCH3 is 1. The third-order valence-corrected chi connectivity index (χ3v) is 3.85. The molecule has 0 aromatic heterocycles. The second-order valence-corrected chi connectivity index (χ2v) is 5.57. The van der Waals surface area contributed by atoms with Gasteiger partial charge < -0.3 is 15.6 Å². The summed E-state index contributed by atoms with van der Waals surface area (Å²) in [5.74, 6) is 0. The summed E-state index contributed by atoms with van der Waals surface area (Å²) in [6, 6.07) is 5.55. The van der Waals surface area contributed by atoms with Crippen molar-refractivity contribution in [3.05, 3.63) is 24.3 Å². The Labute approximate surface area is 107 Å². The van der Waals surface area contributed by atoms with E-state index in [1.165, 1.54) is 19.2 Å². The van der Waals surface area contributed by atoms with Crippen LogP contribution in [0.1, 0.15) is 6.42 Å². The van der Waals surface area contributed by atoms with E-state index in [0.29, 0.717) is 5.69 Å². The lowest BCUT2D eigenvalue weighted by Gasteiger charge is -2.17. The molecule has 0 saturated carbocycles. The minimum atomic E-state index is -3.65. The number of nitrogens with two attached hydrogens (primary N) is 1. The van der Waals surface area contributed by atoms with Crippen LogP contribution in [-0.2, 0) is 14.8 Å². The molecule has 7 heteroatoms. The highest BCUT2D eigenvalue weighted by Gasteiger charge is 2.19. The van der Waals surface area contributed by atoms with E-state index in [-0.39, 0.29) is 24.5 Å². The molecule has 0 spiro atoms. The van der Waals surface area contributed by atoms with Crippen molar-refractivity contribution < 1.29 is 18.3 Å². The standard InChI is InChI=1S/C11H18N2O4S/c1-17-8-10(5-6-14)13-18(15,16)11-4-2-3-9(12)7-11/h2-4,7,10,13-14H,5-6,8,12H2,1H3. The molecule has 0 fully saturated rings. The van der Waals surface area contributed by atoms with E-state index in [2.05, 4.69) is 4.72 Å². The topological polar surface area (TPSA) is 102 Å². The molecular weight excluding hydrogens is 256 g/mol. The molecule has 0 radical (unpaired) electrons. The number of nitrogen functional groups attached to an aromatic ring is 1. The average Bonchev–Trinajstić information content (AvgIpc) is 2.29. The zero-order valence-corrected chi connectivity index (χ0v) is 11.0. The Bertz CT molecular complexity index is 470. The third-order valence-electron chi connectivity index (χ3n) is 2.34. The summed E-state index contributed by atoms with van der Waals surface area (Å²) in [6.07, 6.45) is 0.287. The van der Waals surface area contributed by atoms with Crippen LogP contribution in [0.5, 0.6) is 0 Å². The maximum absolute atomic E-state index is 12.0. The Morgan fingerprint density at radius 2 is 2.22 bits per heavy atom. The first-order chi connectivity index (χ1) is 8.49. The number of ether oxygens (including phenoxy) is 1. The van der Waals surface area contributed by atoms with Gasteiger partial charge in [-0.15, -0.1) is 0 Å². The van der Waals surface area contributed by atoms with Gasteiger partial charge in [0.2, 0.25) is 10.0 Å². The number of hydrogen-bond donors (Lipinski definition) is 3. The zero-order valence-electron chi connectivity index (χ0n) is 10.2. The number of aliphatic hydroxyl groups is 1. The Hall–Kier alpha value is -1.15. The number of benzene rings is 1. The van der Waals surface area contributed by atoms with Gasteiger partial charge >= 0.3 is 0 Å². The molecule has 0 aliphatic carbocycles. The van der Waals surface area contributed by atoms with Gasteiger partial charge in [0.05, 0.1) is 11.5 Å². The van der Waals surface area contributed by atoms with Crippen molar-refractivity contribution in [3.63, 3.8) is 0 Å². The predicted octanol–water partition coefficient (Wildman–Crippen LogP) is -0.0555. The number of sulfonamides is 1. The Morgan fingerprint density at radius 1 is 1.50 bits per heavy atom. The Morgan fingerprint density at radius 3 is 2.78 bits per heavy atom. The van der Waals surface area contributed by atoms with Crippen LogP contribution < -0.4 is 10.5 Å². The molecule has 102 valence electrons. The van der Waals surface area contributed by atoms with Crippen LogP contribution in [-0.4, -0.2) is 39.9 Å². The summed E-state index contributed by atoms with van der Waals surface area (Å²) in [5.41, 5.74) is 5.92. The molecule has 1 rings (SSSR count). The van der Waals surface area contributed by atoms with Crippen LogP contribution in [0.25, 0.3) is 0 Å². The molecule has 0 amide bonds. The van der Waals surface area contributed by atoms with Crippen molar-refractivity contribution in [3.8, 4) is 0 Å². The van der Waals surface area contributed by atoms with E-state index in [9.17, 15) is 8.42 Å². The predicted molar refractivity (Wildman–Crippen MR) is 68.5 cm³/mol. The summed E-state index contributed by atoms with van der Waals surface area (Å²) in [4.78, 5) is 0.0987. The summed E-state index contributed by atoms with van der Waals surface area (Å²) in [6.45, 7) is 0.0789. The number of nitrogens with one attached hydrogen (secondary N) is 1. The molecule has 0 heterocycles. The smallest absolute Gasteiger partial charge is 0.240 e. The molecule has 1 aromatic rings. The van der Waals surface area contributed by atoms with Crippen molar-refractivity contribution in [2.24, 2.45) is 0 Å². The summed E-state index contributed by atoms with van der Waals surface area (Å²) < 4.78 is 31.5. The molecule has 0 aliphatic heterocycles. The molecule has 1 aromatic carbocycles. The van der Waals surface area contributed by atoms with E-state index in [0.717, 1.165) is 0 Å². The normalized spacial score (nSPS) is 13.4. The lowest BCUT2D eigenvalue weighted by atomic mass is 10.2. The first kappa shape index (κ1) is 14.9. The van der Waals surface area contributed by atoms with Gasteiger partial charge in [-0.3, -0.25) is 0 Å². The molecule has 1 unspecified atom stereocenters. The van der Waals surface area contributed by atoms with Gasteiger partial charge in [-0.2, -0.15) is 0 Å². The quantitative estimate of drug-likeness (QED) is 0.605. The maximum atomic E-state index is 12.0. The second kappa shape index (κ2) is 6.69. The lowest BCUT2D eigenvalue weighted by molar-refractivity contribution is 0.158. The minimum Gasteiger partial charge on any atom is -0.399 e. The Balaban J connectivity index is 2.86. The maximum Gasteiger partial charge on any atom is 0.240 e. The monoisotopic (exact) mass is 274 g/mol. The van der Waals surface area contributed by atoms with E-state index >= 15 is 0 Å². The Kier molecular flexibility index (Phi) is 5.54. The number of aliphatic hydroxyl groups excluding tert-OH is 1. The van der Waals surface area contributed by atoms with Crippen LogP contribution in [0.2, 0.25) is 0 Å². The van der Waals surface area contributed by atoms with Gasteiger partial charge in [0, 0.05) is 25.4 Å². The average molecular weight is 274 g/mol. The van der Waals surface area contributed by atoms with E-state index < -0.39 is 16.1 Å². The number of anilines is 1. The number of rotatable bonds is 7.